The Bertz CT molecular complexity index is 1860. The van der Waals surface area contributed by atoms with Crippen molar-refractivity contribution in [3.8, 4) is 17.2 Å². The molecular formula is C31H25ClN2O6S. The number of carbonyl (C=O) groups excluding carboxylic acids is 1. The van der Waals surface area contributed by atoms with Crippen molar-refractivity contribution in [3.05, 3.63) is 119 Å². The van der Waals surface area contributed by atoms with Crippen LogP contribution in [0.15, 0.2) is 87.8 Å². The van der Waals surface area contributed by atoms with Crippen molar-refractivity contribution in [2.45, 2.75) is 26.5 Å². The quantitative estimate of drug-likeness (QED) is 0.289. The fourth-order valence-corrected chi connectivity index (χ4v) is 6.02. The van der Waals surface area contributed by atoms with Crippen LogP contribution in [0, 0.1) is 0 Å². The maximum atomic E-state index is 13.8. The van der Waals surface area contributed by atoms with Crippen LogP contribution in [0.4, 0.5) is 0 Å². The first-order valence-corrected chi connectivity index (χ1v) is 14.2. The second-order valence-electron chi connectivity index (χ2n) is 9.36. The number of aromatic nitrogens is 1. The van der Waals surface area contributed by atoms with Crippen LogP contribution in [0.2, 0.25) is 5.02 Å². The fraction of sp³-hybridized carbons (Fsp3) is 0.194. The summed E-state index contributed by atoms with van der Waals surface area (Å²) in [7, 11) is 0. The molecule has 3 aromatic carbocycles. The summed E-state index contributed by atoms with van der Waals surface area (Å²) in [5.74, 6) is 1.33. The van der Waals surface area contributed by atoms with Crippen LogP contribution in [0.5, 0.6) is 17.2 Å². The molecule has 0 spiro atoms. The van der Waals surface area contributed by atoms with Crippen molar-refractivity contribution in [1.82, 2.24) is 4.57 Å². The van der Waals surface area contributed by atoms with Crippen LogP contribution in [0.3, 0.4) is 0 Å². The second kappa shape index (κ2) is 11.3. The number of allylic oxidation sites excluding steroid dienone is 1. The van der Waals surface area contributed by atoms with Gasteiger partial charge in [-0.25, -0.2) is 9.79 Å². The molecule has 6 rings (SSSR count). The molecule has 0 N–H and O–H groups in total. The van der Waals surface area contributed by atoms with Crippen molar-refractivity contribution in [3.63, 3.8) is 0 Å². The Balaban J connectivity index is 1.36. The summed E-state index contributed by atoms with van der Waals surface area (Å²) in [4.78, 5) is 32.1. The first kappa shape index (κ1) is 26.9. The lowest BCUT2D eigenvalue weighted by atomic mass is 9.95. The van der Waals surface area contributed by atoms with Gasteiger partial charge in [0.1, 0.15) is 12.4 Å². The summed E-state index contributed by atoms with van der Waals surface area (Å²) in [6.45, 7) is 4.16. The van der Waals surface area contributed by atoms with Gasteiger partial charge in [0.2, 0.25) is 6.79 Å². The maximum Gasteiger partial charge on any atom is 0.338 e. The Kier molecular flexibility index (Phi) is 7.38. The number of ether oxygens (including phenoxy) is 4. The van der Waals surface area contributed by atoms with Crippen LogP contribution in [-0.4, -0.2) is 23.9 Å². The van der Waals surface area contributed by atoms with Crippen LogP contribution in [-0.2, 0) is 16.1 Å². The molecule has 41 heavy (non-hydrogen) atoms. The molecule has 208 valence electrons. The molecule has 0 radical (unpaired) electrons. The first-order chi connectivity index (χ1) is 19.9. The first-order valence-electron chi connectivity index (χ1n) is 13.0. The molecule has 1 atom stereocenters. The molecule has 1 aromatic heterocycles. The maximum absolute atomic E-state index is 13.8. The largest absolute Gasteiger partial charge is 0.489 e. The van der Waals surface area contributed by atoms with E-state index in [1.54, 1.807) is 30.5 Å². The van der Waals surface area contributed by atoms with E-state index >= 15 is 0 Å². The topological polar surface area (TPSA) is 88.4 Å². The van der Waals surface area contributed by atoms with E-state index in [9.17, 15) is 9.59 Å². The highest BCUT2D eigenvalue weighted by atomic mass is 35.5. The number of fused-ring (bicyclic) bond motifs is 2. The minimum Gasteiger partial charge on any atom is -0.489 e. The number of halogens is 1. The van der Waals surface area contributed by atoms with Gasteiger partial charge in [0.15, 0.2) is 16.3 Å². The number of benzene rings is 3. The number of rotatable bonds is 7. The SMILES string of the molecule is CCOC(=O)C1=C(C)N=c2s/c(=C\c3ccc(OCc4ccccc4Cl)cc3)c(=O)n2[C@@H]1c1ccc2c(c1)OCO2. The molecular weight excluding hydrogens is 564 g/mol. The summed E-state index contributed by atoms with van der Waals surface area (Å²) in [5.41, 5.74) is 2.96. The number of thiazole rings is 1. The summed E-state index contributed by atoms with van der Waals surface area (Å²) < 4.78 is 24.3. The van der Waals surface area contributed by atoms with E-state index < -0.39 is 12.0 Å². The third-order valence-electron chi connectivity index (χ3n) is 6.76. The predicted molar refractivity (Wildman–Crippen MR) is 155 cm³/mol. The number of esters is 1. The standard InChI is InChI=1S/C31H25ClN2O6S/c1-3-37-30(36)27-18(2)33-31-34(28(27)20-10-13-24-25(15-20)40-17-39-24)29(35)26(41-31)14-19-8-11-22(12-9-19)38-16-21-6-4-5-7-23(21)32/h4-15,28H,3,16-17H2,1-2H3/b26-14-/t28-/m1/s1. The number of carbonyl (C=O) groups is 1. The van der Waals surface area contributed by atoms with E-state index in [2.05, 4.69) is 4.99 Å². The molecule has 0 saturated carbocycles. The van der Waals surface area contributed by atoms with Gasteiger partial charge in [-0.05, 0) is 61.4 Å². The van der Waals surface area contributed by atoms with Gasteiger partial charge in [-0.3, -0.25) is 9.36 Å². The van der Waals surface area contributed by atoms with E-state index in [-0.39, 0.29) is 19.0 Å². The average Bonchev–Trinajstić information content (AvgIpc) is 3.56. The highest BCUT2D eigenvalue weighted by Gasteiger charge is 2.34. The molecule has 2 aliphatic rings. The average molecular weight is 589 g/mol. The molecule has 0 bridgehead atoms. The predicted octanol–water partition coefficient (Wildman–Crippen LogP) is 4.76. The number of hydrogen-bond donors (Lipinski definition) is 0. The normalized spacial score (nSPS) is 15.9. The van der Waals surface area contributed by atoms with Crippen LogP contribution >= 0.6 is 22.9 Å². The summed E-state index contributed by atoms with van der Waals surface area (Å²) >= 11 is 7.49. The third-order valence-corrected chi connectivity index (χ3v) is 8.11. The molecule has 0 aliphatic carbocycles. The monoisotopic (exact) mass is 588 g/mol. The minimum absolute atomic E-state index is 0.116. The molecule has 4 aromatic rings. The highest BCUT2D eigenvalue weighted by molar-refractivity contribution is 7.07. The number of nitrogens with zero attached hydrogens (tertiary/aromatic N) is 2. The van der Waals surface area contributed by atoms with E-state index in [1.165, 1.54) is 11.3 Å². The number of hydrogen-bond acceptors (Lipinski definition) is 8. The minimum atomic E-state index is -0.734. The Morgan fingerprint density at radius 2 is 1.90 bits per heavy atom. The van der Waals surface area contributed by atoms with Crippen molar-refractivity contribution < 1.29 is 23.7 Å². The molecule has 3 heterocycles. The van der Waals surface area contributed by atoms with E-state index in [1.807, 2.05) is 60.7 Å². The van der Waals surface area contributed by atoms with Crippen LogP contribution in [0.25, 0.3) is 6.08 Å². The molecule has 10 heteroatoms. The zero-order valence-corrected chi connectivity index (χ0v) is 23.8. The molecule has 0 fully saturated rings. The van der Waals surface area contributed by atoms with Gasteiger partial charge >= 0.3 is 5.97 Å². The second-order valence-corrected chi connectivity index (χ2v) is 10.8. The van der Waals surface area contributed by atoms with E-state index in [0.717, 1.165) is 11.1 Å². The Morgan fingerprint density at radius 3 is 2.68 bits per heavy atom. The van der Waals surface area contributed by atoms with Crippen molar-refractivity contribution in [2.75, 3.05) is 13.4 Å². The lowest BCUT2D eigenvalue weighted by Gasteiger charge is -2.24. The van der Waals surface area contributed by atoms with E-state index in [4.69, 9.17) is 30.5 Å². The fourth-order valence-electron chi connectivity index (χ4n) is 4.78. The van der Waals surface area contributed by atoms with Crippen molar-refractivity contribution in [2.24, 2.45) is 4.99 Å². The summed E-state index contributed by atoms with van der Waals surface area (Å²) in [5, 5.41) is 0.653. The highest BCUT2D eigenvalue weighted by Crippen LogP contribution is 2.38. The van der Waals surface area contributed by atoms with Gasteiger partial charge in [0, 0.05) is 10.6 Å². The summed E-state index contributed by atoms with van der Waals surface area (Å²) in [6, 6.07) is 19.7. The van der Waals surface area contributed by atoms with Crippen molar-refractivity contribution in [1.29, 1.82) is 0 Å². The molecule has 0 saturated heterocycles. The lowest BCUT2D eigenvalue weighted by Crippen LogP contribution is -2.39. The van der Waals surface area contributed by atoms with Gasteiger partial charge < -0.3 is 18.9 Å². The lowest BCUT2D eigenvalue weighted by molar-refractivity contribution is -0.139. The van der Waals surface area contributed by atoms with Gasteiger partial charge in [-0.1, -0.05) is 59.3 Å². The third kappa shape index (κ3) is 5.26. The van der Waals surface area contributed by atoms with Crippen LogP contribution in [0.1, 0.15) is 36.6 Å². The van der Waals surface area contributed by atoms with E-state index in [0.29, 0.717) is 55.0 Å². The molecule has 0 unspecified atom stereocenters. The van der Waals surface area contributed by atoms with Crippen LogP contribution < -0.4 is 29.1 Å². The van der Waals surface area contributed by atoms with Gasteiger partial charge in [-0.2, -0.15) is 0 Å². The Labute approximate surface area is 244 Å². The van der Waals surface area contributed by atoms with Gasteiger partial charge in [-0.15, -0.1) is 0 Å². The molecule has 0 amide bonds. The zero-order chi connectivity index (χ0) is 28.5. The van der Waals surface area contributed by atoms with Crippen molar-refractivity contribution >= 4 is 35.0 Å². The van der Waals surface area contributed by atoms with Gasteiger partial charge in [0.25, 0.3) is 5.56 Å². The Morgan fingerprint density at radius 1 is 1.12 bits per heavy atom. The molecule has 2 aliphatic heterocycles. The summed E-state index contributed by atoms with van der Waals surface area (Å²) in [6.07, 6.45) is 1.81. The zero-order valence-electron chi connectivity index (χ0n) is 22.3. The smallest absolute Gasteiger partial charge is 0.338 e. The Hall–Kier alpha value is -4.34. The molecule has 8 nitrogen and oxygen atoms in total. The van der Waals surface area contributed by atoms with Gasteiger partial charge in [0.05, 0.1) is 28.5 Å².